The number of nitrogens with two attached hydrogens (primary N) is 3. The van der Waals surface area contributed by atoms with Crippen LogP contribution in [0.5, 0.6) is 0 Å². The normalized spacial score (nSPS) is 11.6. The Morgan fingerprint density at radius 1 is 1.21 bits per heavy atom. The van der Waals surface area contributed by atoms with Gasteiger partial charge in [-0.1, -0.05) is 6.92 Å². The number of guanidine groups is 1. The van der Waals surface area contributed by atoms with E-state index in [9.17, 15) is 9.59 Å². The van der Waals surface area contributed by atoms with Gasteiger partial charge in [0, 0.05) is 13.0 Å². The third kappa shape index (κ3) is 11.1. The van der Waals surface area contributed by atoms with E-state index in [0.29, 0.717) is 25.8 Å². The molecule has 0 radical (unpaired) electrons. The molecule has 0 bridgehead atoms. The maximum atomic E-state index is 11.4. The Morgan fingerprint density at radius 2 is 1.89 bits per heavy atom. The van der Waals surface area contributed by atoms with Gasteiger partial charge in [-0.2, -0.15) is 0 Å². The maximum absolute atomic E-state index is 11.4. The molecule has 0 unspecified atom stereocenters. The highest BCUT2D eigenvalue weighted by Gasteiger charge is 2.16. The molecule has 1 amide bonds. The van der Waals surface area contributed by atoms with E-state index in [0.717, 1.165) is 12.8 Å². The second kappa shape index (κ2) is 10.2. The number of hydrogen-bond acceptors (Lipinski definition) is 4. The van der Waals surface area contributed by atoms with Crippen LogP contribution in [-0.4, -0.2) is 30.5 Å². The summed E-state index contributed by atoms with van der Waals surface area (Å²) in [4.78, 5) is 26.1. The number of hydrogen-bond donors (Lipinski definition) is 3. The van der Waals surface area contributed by atoms with Crippen molar-refractivity contribution >= 4 is 17.8 Å². The van der Waals surface area contributed by atoms with Crippen LogP contribution < -0.4 is 17.2 Å². The Labute approximate surface area is 113 Å². The van der Waals surface area contributed by atoms with Crippen molar-refractivity contribution in [3.63, 3.8) is 0 Å². The third-order valence-electron chi connectivity index (χ3n) is 2.41. The zero-order valence-electron chi connectivity index (χ0n) is 11.4. The lowest BCUT2D eigenvalue weighted by atomic mass is 10.1. The summed E-state index contributed by atoms with van der Waals surface area (Å²) in [5.41, 5.74) is 15.5. The molecule has 7 nitrogen and oxygen atoms in total. The minimum Gasteiger partial charge on any atom is -0.462 e. The predicted molar refractivity (Wildman–Crippen MR) is 73.1 cm³/mol. The number of carbonyl (C=O) groups is 2. The summed E-state index contributed by atoms with van der Waals surface area (Å²) in [5.74, 6) is -0.709. The number of primary amides is 1. The first-order valence-corrected chi connectivity index (χ1v) is 6.48. The largest absolute Gasteiger partial charge is 0.462 e. The molecule has 1 atom stereocenters. The Morgan fingerprint density at radius 3 is 2.42 bits per heavy atom. The number of aliphatic imine (C=N–C) groups is 1. The van der Waals surface area contributed by atoms with Gasteiger partial charge in [-0.25, -0.2) is 0 Å². The molecule has 0 aromatic carbocycles. The number of carbonyl (C=O) groups excluding carboxylic acids is 2. The fourth-order valence-corrected chi connectivity index (χ4v) is 1.57. The molecule has 110 valence electrons. The van der Waals surface area contributed by atoms with Crippen molar-refractivity contribution in [3.05, 3.63) is 0 Å². The van der Waals surface area contributed by atoms with Gasteiger partial charge in [-0.3, -0.25) is 14.6 Å². The number of ether oxygens (including phenoxy) is 1. The lowest BCUT2D eigenvalue weighted by molar-refractivity contribution is -0.150. The van der Waals surface area contributed by atoms with Crippen molar-refractivity contribution in [1.29, 1.82) is 0 Å². The molecule has 0 saturated heterocycles. The van der Waals surface area contributed by atoms with Crippen LogP contribution in [0, 0.1) is 0 Å². The molecule has 0 rings (SSSR count). The lowest BCUT2D eigenvalue weighted by Crippen LogP contribution is -2.25. The van der Waals surface area contributed by atoms with Gasteiger partial charge >= 0.3 is 5.97 Å². The minimum atomic E-state index is -0.474. The molecule has 0 fully saturated rings. The topological polar surface area (TPSA) is 134 Å². The lowest BCUT2D eigenvalue weighted by Gasteiger charge is -2.16. The summed E-state index contributed by atoms with van der Waals surface area (Å²) in [6.45, 7) is 2.41. The summed E-state index contributed by atoms with van der Waals surface area (Å²) >= 11 is 0. The summed E-state index contributed by atoms with van der Waals surface area (Å²) in [6, 6.07) is 0. The van der Waals surface area contributed by atoms with Crippen molar-refractivity contribution in [2.75, 3.05) is 6.54 Å². The van der Waals surface area contributed by atoms with Crippen molar-refractivity contribution in [1.82, 2.24) is 0 Å². The molecular weight excluding hydrogens is 248 g/mol. The van der Waals surface area contributed by atoms with Gasteiger partial charge in [-0.15, -0.1) is 0 Å². The SMILES string of the molecule is CCCC(=O)O[C@@H](CCCCN=C(N)N)CC(N)=O. The Bertz CT molecular complexity index is 314. The molecule has 6 N–H and O–H groups in total. The fourth-order valence-electron chi connectivity index (χ4n) is 1.57. The van der Waals surface area contributed by atoms with E-state index in [2.05, 4.69) is 4.99 Å². The Hall–Kier alpha value is -1.79. The number of esters is 1. The van der Waals surface area contributed by atoms with Gasteiger partial charge in [0.25, 0.3) is 0 Å². The fraction of sp³-hybridized carbons (Fsp3) is 0.750. The molecule has 0 spiro atoms. The first kappa shape index (κ1) is 17.2. The van der Waals surface area contributed by atoms with Crippen molar-refractivity contribution < 1.29 is 14.3 Å². The number of rotatable bonds is 10. The number of unbranched alkanes of at least 4 members (excludes halogenated alkanes) is 1. The molecular formula is C12H24N4O3. The van der Waals surface area contributed by atoms with Gasteiger partial charge in [0.1, 0.15) is 6.10 Å². The Balaban J connectivity index is 4.02. The second-order valence-corrected chi connectivity index (χ2v) is 4.33. The first-order valence-electron chi connectivity index (χ1n) is 6.48. The van der Waals surface area contributed by atoms with E-state index in [1.807, 2.05) is 6.92 Å². The Kier molecular flexibility index (Phi) is 9.20. The van der Waals surface area contributed by atoms with Gasteiger partial charge in [0.05, 0.1) is 6.42 Å². The van der Waals surface area contributed by atoms with Crippen LogP contribution in [-0.2, 0) is 14.3 Å². The van der Waals surface area contributed by atoms with Crippen LogP contribution in [0.15, 0.2) is 4.99 Å². The summed E-state index contributed by atoms with van der Waals surface area (Å²) in [5, 5.41) is 0. The summed E-state index contributed by atoms with van der Waals surface area (Å²) in [7, 11) is 0. The number of nitrogens with zero attached hydrogens (tertiary/aromatic N) is 1. The van der Waals surface area contributed by atoms with E-state index < -0.39 is 12.0 Å². The second-order valence-electron chi connectivity index (χ2n) is 4.33. The molecule has 0 aliphatic heterocycles. The minimum absolute atomic E-state index is 0.0533. The molecule has 19 heavy (non-hydrogen) atoms. The van der Waals surface area contributed by atoms with Crippen LogP contribution in [0.25, 0.3) is 0 Å². The van der Waals surface area contributed by atoms with E-state index in [1.165, 1.54) is 0 Å². The molecule has 0 saturated carbocycles. The van der Waals surface area contributed by atoms with E-state index in [4.69, 9.17) is 21.9 Å². The third-order valence-corrected chi connectivity index (χ3v) is 2.41. The molecule has 0 heterocycles. The highest BCUT2D eigenvalue weighted by Crippen LogP contribution is 2.10. The van der Waals surface area contributed by atoms with Crippen molar-refractivity contribution in [2.45, 2.75) is 51.6 Å². The smallest absolute Gasteiger partial charge is 0.306 e. The molecule has 0 aromatic heterocycles. The molecule has 7 heteroatoms. The van der Waals surface area contributed by atoms with Gasteiger partial charge < -0.3 is 21.9 Å². The highest BCUT2D eigenvalue weighted by molar-refractivity contribution is 5.76. The average Bonchev–Trinajstić information content (AvgIpc) is 2.27. The zero-order valence-corrected chi connectivity index (χ0v) is 11.4. The van der Waals surface area contributed by atoms with Crippen LogP contribution in [0.3, 0.4) is 0 Å². The maximum Gasteiger partial charge on any atom is 0.306 e. The van der Waals surface area contributed by atoms with E-state index in [1.54, 1.807) is 0 Å². The van der Waals surface area contributed by atoms with E-state index >= 15 is 0 Å². The van der Waals surface area contributed by atoms with E-state index in [-0.39, 0.29) is 18.3 Å². The summed E-state index contributed by atoms with van der Waals surface area (Å²) in [6.07, 6.45) is 2.77. The van der Waals surface area contributed by atoms with Crippen LogP contribution >= 0.6 is 0 Å². The quantitative estimate of drug-likeness (QED) is 0.223. The van der Waals surface area contributed by atoms with Crippen molar-refractivity contribution in [2.24, 2.45) is 22.2 Å². The summed E-state index contributed by atoms with van der Waals surface area (Å²) < 4.78 is 5.20. The van der Waals surface area contributed by atoms with Crippen LogP contribution in [0.1, 0.15) is 45.4 Å². The van der Waals surface area contributed by atoms with Gasteiger partial charge in [0.15, 0.2) is 5.96 Å². The van der Waals surface area contributed by atoms with Gasteiger partial charge in [0.2, 0.25) is 5.91 Å². The predicted octanol–water partition coefficient (Wildman–Crippen LogP) is 0.0174. The van der Waals surface area contributed by atoms with Gasteiger partial charge in [-0.05, 0) is 25.7 Å². The van der Waals surface area contributed by atoms with Crippen LogP contribution in [0.4, 0.5) is 0 Å². The van der Waals surface area contributed by atoms with Crippen LogP contribution in [0.2, 0.25) is 0 Å². The first-order chi connectivity index (χ1) is 8.95. The zero-order chi connectivity index (χ0) is 14.7. The monoisotopic (exact) mass is 272 g/mol. The standard InChI is InChI=1S/C12H24N4O3/c1-2-5-11(18)19-9(8-10(13)17)6-3-4-7-16-12(14)15/h9H,2-8H2,1H3,(H2,13,17)(H4,14,15,16)/t9-/m0/s1. The molecule has 0 aliphatic rings. The number of amides is 1. The average molecular weight is 272 g/mol. The van der Waals surface area contributed by atoms with Crippen molar-refractivity contribution in [3.8, 4) is 0 Å². The molecule has 0 aromatic rings. The molecule has 0 aliphatic carbocycles. The highest BCUT2D eigenvalue weighted by atomic mass is 16.5.